The van der Waals surface area contributed by atoms with E-state index in [2.05, 4.69) is 68.4 Å². The average molecular weight is 452 g/mol. The average Bonchev–Trinajstić information content (AvgIpc) is 2.35. The molecular formula is C14H13BrClIN2. The smallest absolute Gasteiger partial charge is 0.161 e. The first-order valence-corrected chi connectivity index (χ1v) is 8.14. The molecule has 0 unspecified atom stereocenters. The van der Waals surface area contributed by atoms with E-state index < -0.39 is 0 Å². The Morgan fingerprint density at radius 1 is 1.26 bits per heavy atom. The lowest BCUT2D eigenvalue weighted by Crippen LogP contribution is -2.02. The molecule has 0 saturated heterocycles. The Labute approximate surface area is 140 Å². The molecular weight excluding hydrogens is 438 g/mol. The number of rotatable bonds is 2. The number of nitrogens with zero attached hydrogens (tertiary/aromatic N) is 2. The lowest BCUT2D eigenvalue weighted by atomic mass is 10.1. The summed E-state index contributed by atoms with van der Waals surface area (Å²) in [5.74, 6) is 1.01. The Hall–Kier alpha value is -0.200. The van der Waals surface area contributed by atoms with Crippen molar-refractivity contribution >= 4 is 50.1 Å². The highest BCUT2D eigenvalue weighted by Gasteiger charge is 2.14. The summed E-state index contributed by atoms with van der Waals surface area (Å²) < 4.78 is 2.02. The summed E-state index contributed by atoms with van der Waals surface area (Å²) in [7, 11) is 0. The van der Waals surface area contributed by atoms with Crippen LogP contribution in [0.4, 0.5) is 0 Å². The van der Waals surface area contributed by atoms with Crippen LogP contribution in [-0.4, -0.2) is 9.97 Å². The molecule has 0 bridgehead atoms. The summed E-state index contributed by atoms with van der Waals surface area (Å²) in [6.07, 6.45) is 0. The molecule has 0 amide bonds. The van der Waals surface area contributed by atoms with Gasteiger partial charge in [0.1, 0.15) is 5.15 Å². The lowest BCUT2D eigenvalue weighted by molar-refractivity contribution is 0.808. The van der Waals surface area contributed by atoms with Crippen molar-refractivity contribution < 1.29 is 0 Å². The van der Waals surface area contributed by atoms with E-state index >= 15 is 0 Å². The minimum absolute atomic E-state index is 0.322. The van der Waals surface area contributed by atoms with Gasteiger partial charge in [-0.1, -0.05) is 47.4 Å². The van der Waals surface area contributed by atoms with Crippen LogP contribution in [0.15, 0.2) is 22.7 Å². The van der Waals surface area contributed by atoms with E-state index in [1.54, 1.807) is 0 Å². The van der Waals surface area contributed by atoms with Crippen LogP contribution >= 0.6 is 50.1 Å². The number of hydrogen-bond donors (Lipinski definition) is 0. The number of halogens is 3. The van der Waals surface area contributed by atoms with Crippen molar-refractivity contribution in [2.24, 2.45) is 0 Å². The fourth-order valence-corrected chi connectivity index (χ4v) is 3.02. The van der Waals surface area contributed by atoms with E-state index in [0.717, 1.165) is 24.9 Å². The quantitative estimate of drug-likeness (QED) is 0.439. The van der Waals surface area contributed by atoms with Crippen LogP contribution in [0.3, 0.4) is 0 Å². The second-order valence-electron chi connectivity index (χ2n) is 4.66. The Kier molecular flexibility index (Phi) is 4.84. The monoisotopic (exact) mass is 450 g/mol. The van der Waals surface area contributed by atoms with E-state index in [-0.39, 0.29) is 0 Å². The highest BCUT2D eigenvalue weighted by molar-refractivity contribution is 14.1. The van der Waals surface area contributed by atoms with Crippen molar-refractivity contribution in [2.75, 3.05) is 0 Å². The van der Waals surface area contributed by atoms with Gasteiger partial charge >= 0.3 is 0 Å². The normalized spacial score (nSPS) is 11.1. The molecule has 1 aromatic carbocycles. The molecule has 0 radical (unpaired) electrons. The summed E-state index contributed by atoms with van der Waals surface area (Å²) in [6, 6.07) is 6.07. The first kappa shape index (κ1) is 15.2. The molecule has 0 atom stereocenters. The predicted octanol–water partition coefficient (Wildman–Crippen LogP) is 5.60. The van der Waals surface area contributed by atoms with Gasteiger partial charge in [-0.15, -0.1) is 0 Å². The Balaban J connectivity index is 2.59. The van der Waals surface area contributed by atoms with E-state index in [1.165, 1.54) is 0 Å². The lowest BCUT2D eigenvalue weighted by Gasteiger charge is -2.11. The molecule has 2 nitrogen and oxygen atoms in total. The second kappa shape index (κ2) is 6.06. The fourth-order valence-electron chi connectivity index (χ4n) is 1.73. The third kappa shape index (κ3) is 3.28. The topological polar surface area (TPSA) is 25.8 Å². The van der Waals surface area contributed by atoms with E-state index in [4.69, 9.17) is 11.6 Å². The van der Waals surface area contributed by atoms with Gasteiger partial charge in [-0.3, -0.25) is 0 Å². The number of aryl methyl sites for hydroxylation is 1. The van der Waals surface area contributed by atoms with Crippen molar-refractivity contribution in [3.8, 4) is 11.4 Å². The van der Waals surface area contributed by atoms with Crippen LogP contribution in [-0.2, 0) is 0 Å². The van der Waals surface area contributed by atoms with Gasteiger partial charge in [0, 0.05) is 10.0 Å². The van der Waals surface area contributed by atoms with Crippen molar-refractivity contribution in [2.45, 2.75) is 26.7 Å². The van der Waals surface area contributed by atoms with Crippen LogP contribution in [0.2, 0.25) is 5.15 Å². The molecule has 5 heteroatoms. The molecule has 2 rings (SSSR count). The molecule has 0 N–H and O–H groups in total. The first-order chi connectivity index (χ1) is 8.90. The van der Waals surface area contributed by atoms with Crippen LogP contribution in [0.5, 0.6) is 0 Å². The van der Waals surface area contributed by atoms with Crippen molar-refractivity contribution in [1.82, 2.24) is 9.97 Å². The van der Waals surface area contributed by atoms with Crippen molar-refractivity contribution in [3.63, 3.8) is 0 Å². The summed E-state index contributed by atoms with van der Waals surface area (Å²) in [5, 5.41) is 0.523. The van der Waals surface area contributed by atoms with Gasteiger partial charge in [-0.2, -0.15) is 0 Å². The predicted molar refractivity (Wildman–Crippen MR) is 91.7 cm³/mol. The van der Waals surface area contributed by atoms with Crippen LogP contribution in [0.1, 0.15) is 31.0 Å². The van der Waals surface area contributed by atoms with Gasteiger partial charge in [0.25, 0.3) is 0 Å². The van der Waals surface area contributed by atoms with Gasteiger partial charge in [-0.05, 0) is 53.1 Å². The zero-order chi connectivity index (χ0) is 14.2. The van der Waals surface area contributed by atoms with Crippen LogP contribution in [0.25, 0.3) is 11.4 Å². The van der Waals surface area contributed by atoms with Crippen molar-refractivity contribution in [1.29, 1.82) is 0 Å². The number of benzene rings is 1. The Morgan fingerprint density at radius 2 is 1.95 bits per heavy atom. The van der Waals surface area contributed by atoms with Gasteiger partial charge in [0.15, 0.2) is 5.82 Å². The Bertz CT molecular complexity index is 629. The third-order valence-electron chi connectivity index (χ3n) is 2.80. The number of aromatic nitrogens is 2. The zero-order valence-corrected chi connectivity index (χ0v) is 15.3. The summed E-state index contributed by atoms with van der Waals surface area (Å²) in [5.41, 5.74) is 3.14. The highest BCUT2D eigenvalue weighted by Crippen LogP contribution is 2.29. The molecule has 2 aromatic rings. The minimum atomic E-state index is 0.322. The van der Waals surface area contributed by atoms with Gasteiger partial charge in [-0.25, -0.2) is 9.97 Å². The van der Waals surface area contributed by atoms with Gasteiger partial charge in [0.05, 0.1) is 9.26 Å². The molecule has 0 fully saturated rings. The molecule has 0 saturated carbocycles. The first-order valence-electron chi connectivity index (χ1n) is 5.89. The fraction of sp³-hybridized carbons (Fsp3) is 0.286. The molecule has 0 spiro atoms. The molecule has 100 valence electrons. The van der Waals surface area contributed by atoms with Crippen molar-refractivity contribution in [3.05, 3.63) is 42.7 Å². The molecule has 0 aliphatic rings. The SMILES string of the molecule is Cc1cc(-c2nc(Cl)c(I)c(C(C)C)n2)ccc1Br. The standard InChI is InChI=1S/C14H13BrClIN2/c1-7(2)12-11(17)13(16)19-14(18-12)9-4-5-10(15)8(3)6-9/h4-7H,1-3H3. The van der Waals surface area contributed by atoms with Gasteiger partial charge in [0.2, 0.25) is 0 Å². The highest BCUT2D eigenvalue weighted by atomic mass is 127. The number of hydrogen-bond acceptors (Lipinski definition) is 2. The zero-order valence-electron chi connectivity index (χ0n) is 10.8. The summed E-state index contributed by atoms with van der Waals surface area (Å²) in [4.78, 5) is 9.04. The maximum Gasteiger partial charge on any atom is 0.161 e. The Morgan fingerprint density at radius 3 is 2.53 bits per heavy atom. The van der Waals surface area contributed by atoms with Crippen LogP contribution < -0.4 is 0 Å². The maximum absolute atomic E-state index is 6.22. The molecule has 0 aliphatic carbocycles. The summed E-state index contributed by atoms with van der Waals surface area (Å²) in [6.45, 7) is 6.26. The van der Waals surface area contributed by atoms with Gasteiger partial charge < -0.3 is 0 Å². The maximum atomic E-state index is 6.22. The van der Waals surface area contributed by atoms with Crippen LogP contribution in [0, 0.1) is 10.5 Å². The molecule has 0 aliphatic heterocycles. The third-order valence-corrected chi connectivity index (χ3v) is 5.35. The largest absolute Gasteiger partial charge is 0.232 e. The molecule has 1 aromatic heterocycles. The molecule has 1 heterocycles. The van der Waals surface area contributed by atoms with E-state index in [0.29, 0.717) is 16.9 Å². The molecule has 19 heavy (non-hydrogen) atoms. The summed E-state index contributed by atoms with van der Waals surface area (Å²) >= 11 is 11.9. The van der Waals surface area contributed by atoms with E-state index in [9.17, 15) is 0 Å². The minimum Gasteiger partial charge on any atom is -0.232 e. The van der Waals surface area contributed by atoms with E-state index in [1.807, 2.05) is 19.1 Å². The second-order valence-corrected chi connectivity index (χ2v) is 6.95.